The summed E-state index contributed by atoms with van der Waals surface area (Å²) in [5.41, 5.74) is 3.31. The highest BCUT2D eigenvalue weighted by atomic mass is 19.1. The first kappa shape index (κ1) is 12.7. The van der Waals surface area contributed by atoms with E-state index in [9.17, 15) is 4.39 Å². The lowest BCUT2D eigenvalue weighted by Gasteiger charge is -2.08. The lowest BCUT2D eigenvalue weighted by molar-refractivity contribution is 0.299. The van der Waals surface area contributed by atoms with Crippen LogP contribution in [0.3, 0.4) is 0 Å². The monoisotopic (exact) mass is 271 g/mol. The maximum absolute atomic E-state index is 13.5. The van der Waals surface area contributed by atoms with Crippen LogP contribution in [-0.2, 0) is 13.0 Å². The third kappa shape index (κ3) is 2.37. The molecule has 0 aliphatic heterocycles. The number of hydrogen-bond acceptors (Lipinski definition) is 3. The van der Waals surface area contributed by atoms with Gasteiger partial charge in [0.25, 0.3) is 0 Å². The largest absolute Gasteiger partial charge is 0.489 e. The van der Waals surface area contributed by atoms with Gasteiger partial charge in [0, 0.05) is 11.1 Å². The molecule has 0 saturated heterocycles. The fraction of sp³-hybridized carbons (Fsp3) is 0.188. The van der Waals surface area contributed by atoms with Crippen LogP contribution in [0.4, 0.5) is 4.39 Å². The normalized spacial score (nSPS) is 15.3. The van der Waals surface area contributed by atoms with Gasteiger partial charge in [-0.15, -0.1) is 0 Å². The van der Waals surface area contributed by atoms with Gasteiger partial charge in [-0.1, -0.05) is 23.4 Å². The van der Waals surface area contributed by atoms with Crippen molar-refractivity contribution in [2.24, 2.45) is 5.16 Å². The Bertz CT molecular complexity index is 667. The first-order valence-corrected chi connectivity index (χ1v) is 6.48. The minimum Gasteiger partial charge on any atom is -0.489 e. The van der Waals surface area contributed by atoms with Crippen molar-refractivity contribution < 1.29 is 14.3 Å². The summed E-state index contributed by atoms with van der Waals surface area (Å²) in [5.74, 6) is 0.439. The van der Waals surface area contributed by atoms with E-state index in [4.69, 9.17) is 9.94 Å². The van der Waals surface area contributed by atoms with E-state index in [1.165, 1.54) is 6.07 Å². The Morgan fingerprint density at radius 3 is 2.80 bits per heavy atom. The summed E-state index contributed by atoms with van der Waals surface area (Å²) in [5, 5.41) is 12.2. The van der Waals surface area contributed by atoms with Gasteiger partial charge in [-0.25, -0.2) is 4.39 Å². The van der Waals surface area contributed by atoms with E-state index < -0.39 is 0 Å². The second kappa shape index (κ2) is 5.33. The maximum Gasteiger partial charge on any atom is 0.129 e. The number of rotatable bonds is 3. The van der Waals surface area contributed by atoms with Crippen LogP contribution < -0.4 is 4.74 Å². The SMILES string of the molecule is O/N=C1/CCc2cc(OCc3ccccc3F)ccc21. The minimum atomic E-state index is -0.261. The van der Waals surface area contributed by atoms with E-state index in [2.05, 4.69) is 5.16 Å². The van der Waals surface area contributed by atoms with Gasteiger partial charge in [-0.3, -0.25) is 0 Å². The van der Waals surface area contributed by atoms with Crippen molar-refractivity contribution in [3.63, 3.8) is 0 Å². The first-order chi connectivity index (χ1) is 9.78. The Kier molecular flexibility index (Phi) is 3.37. The molecule has 3 nitrogen and oxygen atoms in total. The Labute approximate surface area is 116 Å². The van der Waals surface area contributed by atoms with Crippen molar-refractivity contribution in [3.8, 4) is 5.75 Å². The Hall–Kier alpha value is -2.36. The fourth-order valence-electron chi connectivity index (χ4n) is 2.42. The minimum absolute atomic E-state index is 0.201. The molecule has 0 heterocycles. The van der Waals surface area contributed by atoms with Gasteiger partial charge in [0.15, 0.2) is 0 Å². The van der Waals surface area contributed by atoms with E-state index in [1.807, 2.05) is 18.2 Å². The zero-order valence-corrected chi connectivity index (χ0v) is 10.8. The number of nitrogens with zero attached hydrogens (tertiary/aromatic N) is 1. The van der Waals surface area contributed by atoms with E-state index >= 15 is 0 Å². The van der Waals surface area contributed by atoms with Gasteiger partial charge < -0.3 is 9.94 Å². The van der Waals surface area contributed by atoms with Crippen LogP contribution in [0, 0.1) is 5.82 Å². The van der Waals surface area contributed by atoms with E-state index in [0.717, 1.165) is 24.0 Å². The second-order valence-electron chi connectivity index (χ2n) is 4.75. The van der Waals surface area contributed by atoms with Crippen molar-refractivity contribution in [1.82, 2.24) is 0 Å². The van der Waals surface area contributed by atoms with E-state index in [-0.39, 0.29) is 12.4 Å². The molecule has 2 aromatic rings. The molecule has 20 heavy (non-hydrogen) atoms. The molecule has 0 amide bonds. The highest BCUT2D eigenvalue weighted by molar-refractivity contribution is 6.04. The third-order valence-electron chi connectivity index (χ3n) is 3.49. The lowest BCUT2D eigenvalue weighted by atomic mass is 10.1. The number of oxime groups is 1. The summed E-state index contributed by atoms with van der Waals surface area (Å²) in [7, 11) is 0. The van der Waals surface area contributed by atoms with Gasteiger partial charge in [-0.2, -0.15) is 0 Å². The summed E-state index contributed by atoms with van der Waals surface area (Å²) < 4.78 is 19.1. The molecule has 102 valence electrons. The van der Waals surface area contributed by atoms with E-state index in [0.29, 0.717) is 17.0 Å². The first-order valence-electron chi connectivity index (χ1n) is 6.48. The van der Waals surface area contributed by atoms with Gasteiger partial charge in [0.1, 0.15) is 18.2 Å². The average Bonchev–Trinajstić information content (AvgIpc) is 2.88. The highest BCUT2D eigenvalue weighted by Gasteiger charge is 2.18. The van der Waals surface area contributed by atoms with Gasteiger partial charge in [0.2, 0.25) is 0 Å². The molecular formula is C16H14FNO2. The maximum atomic E-state index is 13.5. The molecule has 1 aliphatic carbocycles. The molecule has 1 N–H and O–H groups in total. The number of fused-ring (bicyclic) bond motifs is 1. The molecule has 0 unspecified atom stereocenters. The number of aryl methyl sites for hydroxylation is 1. The van der Waals surface area contributed by atoms with Gasteiger partial charge in [0.05, 0.1) is 5.71 Å². The molecule has 0 radical (unpaired) electrons. The van der Waals surface area contributed by atoms with Crippen LogP contribution in [0.5, 0.6) is 5.75 Å². The van der Waals surface area contributed by atoms with Crippen molar-refractivity contribution in [3.05, 3.63) is 65.0 Å². The molecule has 0 bridgehead atoms. The summed E-state index contributed by atoms with van der Waals surface area (Å²) in [6, 6.07) is 12.2. The quantitative estimate of drug-likeness (QED) is 0.685. The standard InChI is InChI=1S/C16H14FNO2/c17-15-4-2-1-3-12(15)10-20-13-6-7-14-11(9-13)5-8-16(14)18-19/h1-4,6-7,9,19H,5,8,10H2/b18-16-. The Balaban J connectivity index is 1.75. The number of halogens is 1. The van der Waals surface area contributed by atoms with E-state index in [1.54, 1.807) is 18.2 Å². The molecule has 0 fully saturated rings. The second-order valence-corrected chi connectivity index (χ2v) is 4.75. The smallest absolute Gasteiger partial charge is 0.129 e. The predicted octanol–water partition coefficient (Wildman–Crippen LogP) is 3.53. The summed E-state index contributed by atoms with van der Waals surface area (Å²) in [6.07, 6.45) is 1.58. The summed E-state index contributed by atoms with van der Waals surface area (Å²) >= 11 is 0. The fourth-order valence-corrected chi connectivity index (χ4v) is 2.42. The van der Waals surface area contributed by atoms with Gasteiger partial charge >= 0.3 is 0 Å². The molecule has 0 atom stereocenters. The summed E-state index contributed by atoms with van der Waals surface area (Å²) in [6.45, 7) is 0.201. The number of benzene rings is 2. The third-order valence-corrected chi connectivity index (χ3v) is 3.49. The molecule has 3 rings (SSSR count). The molecule has 1 aliphatic rings. The van der Waals surface area contributed by atoms with Gasteiger partial charge in [-0.05, 0) is 42.7 Å². The Morgan fingerprint density at radius 2 is 2.00 bits per heavy atom. The van der Waals surface area contributed by atoms with Crippen molar-refractivity contribution in [1.29, 1.82) is 0 Å². The number of ether oxygens (including phenoxy) is 1. The summed E-state index contributed by atoms with van der Waals surface area (Å²) in [4.78, 5) is 0. The lowest BCUT2D eigenvalue weighted by Crippen LogP contribution is -1.99. The Morgan fingerprint density at radius 1 is 1.15 bits per heavy atom. The van der Waals surface area contributed by atoms with Crippen molar-refractivity contribution >= 4 is 5.71 Å². The predicted molar refractivity (Wildman–Crippen MR) is 73.8 cm³/mol. The van der Waals surface area contributed by atoms with Crippen molar-refractivity contribution in [2.45, 2.75) is 19.4 Å². The average molecular weight is 271 g/mol. The molecule has 0 aromatic heterocycles. The van der Waals surface area contributed by atoms with Crippen LogP contribution in [0.15, 0.2) is 47.6 Å². The molecule has 2 aromatic carbocycles. The molecule has 0 saturated carbocycles. The zero-order chi connectivity index (χ0) is 13.9. The zero-order valence-electron chi connectivity index (χ0n) is 10.8. The van der Waals surface area contributed by atoms with Crippen LogP contribution in [0.25, 0.3) is 0 Å². The van der Waals surface area contributed by atoms with Crippen LogP contribution in [-0.4, -0.2) is 10.9 Å². The van der Waals surface area contributed by atoms with Crippen LogP contribution >= 0.6 is 0 Å². The topological polar surface area (TPSA) is 41.8 Å². The molecule has 4 heteroatoms. The molecular weight excluding hydrogens is 257 g/mol. The number of hydrogen-bond donors (Lipinski definition) is 1. The van der Waals surface area contributed by atoms with Crippen LogP contribution in [0.2, 0.25) is 0 Å². The molecule has 0 spiro atoms. The van der Waals surface area contributed by atoms with Crippen molar-refractivity contribution in [2.75, 3.05) is 0 Å². The van der Waals surface area contributed by atoms with Crippen LogP contribution in [0.1, 0.15) is 23.1 Å². The highest BCUT2D eigenvalue weighted by Crippen LogP contribution is 2.27.